The Balaban J connectivity index is 1.41. The zero-order chi connectivity index (χ0) is 23.5. The maximum atomic E-state index is 12.4. The van der Waals surface area contributed by atoms with Crippen molar-refractivity contribution in [3.05, 3.63) is 76.1 Å². The molecule has 0 aliphatic carbocycles. The van der Waals surface area contributed by atoms with Crippen LogP contribution in [-0.4, -0.2) is 18.1 Å². The quantitative estimate of drug-likeness (QED) is 0.338. The standard InChI is InChI=1S/C25H24ClN3O4/c1-14-10-19(23(31-4)12-18(14)26)29-25(30)28-13-17-5-6-21(15(2)9-17)33-22-7-8-27-20-11-16(3)32-24(20)22/h5-12H,13H2,1-4H3,(H2,28,29,30). The SMILES string of the molecule is COc1cc(Cl)c(C)cc1NC(=O)NCc1ccc(Oc2ccnc3cc(C)oc23)c(C)c1. The minimum Gasteiger partial charge on any atom is -0.495 e. The summed E-state index contributed by atoms with van der Waals surface area (Å²) in [5.74, 6) is 2.58. The van der Waals surface area contributed by atoms with Crippen LogP contribution in [-0.2, 0) is 6.54 Å². The molecule has 0 fully saturated rings. The molecule has 33 heavy (non-hydrogen) atoms. The van der Waals surface area contributed by atoms with E-state index in [-0.39, 0.29) is 6.03 Å². The van der Waals surface area contributed by atoms with E-state index in [9.17, 15) is 4.79 Å². The summed E-state index contributed by atoms with van der Waals surface area (Å²) in [7, 11) is 1.53. The Bertz CT molecular complexity index is 1330. The van der Waals surface area contributed by atoms with Gasteiger partial charge in [-0.2, -0.15) is 0 Å². The predicted molar refractivity (Wildman–Crippen MR) is 129 cm³/mol. The number of nitrogens with one attached hydrogen (secondary N) is 2. The number of hydrogen-bond donors (Lipinski definition) is 2. The van der Waals surface area contributed by atoms with Gasteiger partial charge in [-0.1, -0.05) is 23.7 Å². The maximum Gasteiger partial charge on any atom is 0.319 e. The molecular weight excluding hydrogens is 442 g/mol. The van der Waals surface area contributed by atoms with Crippen molar-refractivity contribution in [3.63, 3.8) is 0 Å². The number of carbonyl (C=O) groups is 1. The number of halogens is 1. The number of amides is 2. The van der Waals surface area contributed by atoms with Crippen molar-refractivity contribution >= 4 is 34.4 Å². The molecule has 2 N–H and O–H groups in total. The molecule has 0 saturated carbocycles. The van der Waals surface area contributed by atoms with E-state index >= 15 is 0 Å². The first kappa shape index (κ1) is 22.5. The van der Waals surface area contributed by atoms with E-state index in [1.54, 1.807) is 24.4 Å². The Morgan fingerprint density at radius 3 is 2.61 bits per heavy atom. The van der Waals surface area contributed by atoms with Crippen LogP contribution in [0.4, 0.5) is 10.5 Å². The van der Waals surface area contributed by atoms with Gasteiger partial charge in [-0.3, -0.25) is 4.98 Å². The maximum absolute atomic E-state index is 12.4. The molecule has 0 atom stereocenters. The van der Waals surface area contributed by atoms with Gasteiger partial charge in [0.25, 0.3) is 0 Å². The summed E-state index contributed by atoms with van der Waals surface area (Å²) in [6.45, 7) is 6.03. The number of pyridine rings is 1. The number of aromatic nitrogens is 1. The highest BCUT2D eigenvalue weighted by Gasteiger charge is 2.13. The Morgan fingerprint density at radius 2 is 1.85 bits per heavy atom. The van der Waals surface area contributed by atoms with Gasteiger partial charge in [0, 0.05) is 36.0 Å². The van der Waals surface area contributed by atoms with Crippen molar-refractivity contribution in [2.75, 3.05) is 12.4 Å². The third kappa shape index (κ3) is 5.04. The first-order valence-corrected chi connectivity index (χ1v) is 10.7. The third-order valence-electron chi connectivity index (χ3n) is 5.14. The molecule has 4 rings (SSSR count). The lowest BCUT2D eigenvalue weighted by molar-refractivity contribution is 0.251. The van der Waals surface area contributed by atoms with Crippen molar-refractivity contribution in [1.29, 1.82) is 0 Å². The highest BCUT2D eigenvalue weighted by atomic mass is 35.5. The minimum atomic E-state index is -0.347. The lowest BCUT2D eigenvalue weighted by Crippen LogP contribution is -2.28. The number of nitrogens with zero attached hydrogens (tertiary/aromatic N) is 1. The number of rotatable bonds is 6. The van der Waals surface area contributed by atoms with E-state index in [1.165, 1.54) is 7.11 Å². The van der Waals surface area contributed by atoms with Gasteiger partial charge in [-0.25, -0.2) is 4.79 Å². The largest absolute Gasteiger partial charge is 0.495 e. The van der Waals surface area contributed by atoms with Crippen LogP contribution in [0.2, 0.25) is 5.02 Å². The second-order valence-corrected chi connectivity index (χ2v) is 8.10. The van der Waals surface area contributed by atoms with Crippen LogP contribution in [0.3, 0.4) is 0 Å². The number of anilines is 1. The zero-order valence-electron chi connectivity index (χ0n) is 18.8. The summed E-state index contributed by atoms with van der Waals surface area (Å²) < 4.78 is 17.1. The highest BCUT2D eigenvalue weighted by Crippen LogP contribution is 2.33. The fourth-order valence-corrected chi connectivity index (χ4v) is 3.60. The van der Waals surface area contributed by atoms with Crippen LogP contribution in [0.1, 0.15) is 22.5 Å². The van der Waals surface area contributed by atoms with Gasteiger partial charge in [0.1, 0.15) is 22.8 Å². The second-order valence-electron chi connectivity index (χ2n) is 7.69. The van der Waals surface area contributed by atoms with E-state index in [2.05, 4.69) is 15.6 Å². The van der Waals surface area contributed by atoms with Crippen LogP contribution >= 0.6 is 11.6 Å². The highest BCUT2D eigenvalue weighted by molar-refractivity contribution is 6.31. The first-order chi connectivity index (χ1) is 15.8. The molecule has 0 radical (unpaired) electrons. The lowest BCUT2D eigenvalue weighted by Gasteiger charge is -2.14. The van der Waals surface area contributed by atoms with Crippen LogP contribution in [0.5, 0.6) is 17.2 Å². The Kier molecular flexibility index (Phi) is 6.42. The molecule has 4 aromatic rings. The summed E-state index contributed by atoms with van der Waals surface area (Å²) in [6.07, 6.45) is 1.69. The summed E-state index contributed by atoms with van der Waals surface area (Å²) in [5, 5.41) is 6.23. The molecule has 2 heterocycles. The van der Waals surface area contributed by atoms with Crippen molar-refractivity contribution in [3.8, 4) is 17.2 Å². The number of fused-ring (bicyclic) bond motifs is 1. The molecule has 0 bridgehead atoms. The molecule has 0 aliphatic rings. The molecule has 0 spiro atoms. The van der Waals surface area contributed by atoms with Gasteiger partial charge in [0.05, 0.1) is 12.8 Å². The number of aryl methyl sites for hydroxylation is 3. The van der Waals surface area contributed by atoms with Gasteiger partial charge >= 0.3 is 6.03 Å². The average molecular weight is 466 g/mol. The lowest BCUT2D eigenvalue weighted by atomic mass is 10.1. The number of hydrogen-bond acceptors (Lipinski definition) is 5. The molecule has 2 aromatic carbocycles. The van der Waals surface area contributed by atoms with E-state index in [4.69, 9.17) is 25.5 Å². The van der Waals surface area contributed by atoms with E-state index < -0.39 is 0 Å². The van der Waals surface area contributed by atoms with Gasteiger partial charge in [-0.15, -0.1) is 0 Å². The number of ether oxygens (including phenoxy) is 2. The van der Waals surface area contributed by atoms with Crippen molar-refractivity contribution in [1.82, 2.24) is 10.3 Å². The number of carbonyl (C=O) groups excluding carboxylic acids is 1. The first-order valence-electron chi connectivity index (χ1n) is 10.4. The van der Waals surface area contributed by atoms with Crippen molar-refractivity contribution in [2.45, 2.75) is 27.3 Å². The number of furan rings is 1. The Labute approximate surface area is 196 Å². The molecule has 0 aliphatic heterocycles. The topological polar surface area (TPSA) is 85.6 Å². The van der Waals surface area contributed by atoms with Crippen molar-refractivity contribution in [2.24, 2.45) is 0 Å². The van der Waals surface area contributed by atoms with Gasteiger partial charge in [0.15, 0.2) is 11.3 Å². The summed E-state index contributed by atoms with van der Waals surface area (Å²) in [6, 6.07) is 12.5. The van der Waals surface area contributed by atoms with E-state index in [0.717, 1.165) is 28.0 Å². The summed E-state index contributed by atoms with van der Waals surface area (Å²) in [5.41, 5.74) is 4.62. The molecule has 7 nitrogen and oxygen atoms in total. The van der Waals surface area contributed by atoms with Crippen LogP contribution < -0.4 is 20.1 Å². The zero-order valence-corrected chi connectivity index (χ0v) is 19.5. The second kappa shape index (κ2) is 9.42. The number of benzene rings is 2. The molecule has 0 unspecified atom stereocenters. The van der Waals surface area contributed by atoms with Crippen LogP contribution in [0.15, 0.2) is 53.1 Å². The van der Waals surface area contributed by atoms with Crippen LogP contribution in [0.25, 0.3) is 11.1 Å². The summed E-state index contributed by atoms with van der Waals surface area (Å²) in [4.78, 5) is 16.7. The summed E-state index contributed by atoms with van der Waals surface area (Å²) >= 11 is 6.12. The third-order valence-corrected chi connectivity index (χ3v) is 5.55. The van der Waals surface area contributed by atoms with Gasteiger partial charge in [0.2, 0.25) is 0 Å². The number of urea groups is 1. The molecular formula is C25H24ClN3O4. The molecule has 8 heteroatoms. The molecule has 2 amide bonds. The van der Waals surface area contributed by atoms with Crippen LogP contribution in [0, 0.1) is 20.8 Å². The number of methoxy groups -OCH3 is 1. The van der Waals surface area contributed by atoms with E-state index in [0.29, 0.717) is 40.1 Å². The van der Waals surface area contributed by atoms with E-state index in [1.807, 2.05) is 45.0 Å². The molecule has 2 aromatic heterocycles. The van der Waals surface area contributed by atoms with Gasteiger partial charge < -0.3 is 24.5 Å². The smallest absolute Gasteiger partial charge is 0.319 e. The molecule has 0 saturated heterocycles. The Hall–Kier alpha value is -3.71. The average Bonchev–Trinajstić information content (AvgIpc) is 3.17. The minimum absolute atomic E-state index is 0.346. The molecule has 170 valence electrons. The van der Waals surface area contributed by atoms with Crippen molar-refractivity contribution < 1.29 is 18.7 Å². The normalized spacial score (nSPS) is 10.8. The fourth-order valence-electron chi connectivity index (χ4n) is 3.45. The van der Waals surface area contributed by atoms with Gasteiger partial charge in [-0.05, 0) is 49.6 Å². The fraction of sp³-hybridized carbons (Fsp3) is 0.200. The monoisotopic (exact) mass is 465 g/mol. The predicted octanol–water partition coefficient (Wildman–Crippen LogP) is 6.53. The Morgan fingerprint density at radius 1 is 1.03 bits per heavy atom.